The van der Waals surface area contributed by atoms with Crippen molar-refractivity contribution < 1.29 is 19.6 Å². The number of hydrogen-bond acceptors (Lipinski definition) is 5. The number of amides is 1. The first-order valence-corrected chi connectivity index (χ1v) is 5.85. The van der Waals surface area contributed by atoms with Gasteiger partial charge < -0.3 is 15.2 Å². The molecular formula is C14H9N2O5-. The summed E-state index contributed by atoms with van der Waals surface area (Å²) in [5, 5.41) is 24.0. The molecule has 2 aromatic rings. The van der Waals surface area contributed by atoms with E-state index in [2.05, 4.69) is 5.32 Å². The van der Waals surface area contributed by atoms with E-state index < -0.39 is 16.8 Å². The van der Waals surface area contributed by atoms with Crippen molar-refractivity contribution in [3.63, 3.8) is 0 Å². The number of non-ortho nitro benzene ring substituents is 1. The number of hydrogen-bond donors (Lipinski definition) is 1. The van der Waals surface area contributed by atoms with E-state index in [9.17, 15) is 24.8 Å². The third-order valence-corrected chi connectivity index (χ3v) is 2.71. The number of carboxylic acids is 1. The molecule has 0 aliphatic heterocycles. The summed E-state index contributed by atoms with van der Waals surface area (Å²) in [6.07, 6.45) is 0. The molecular weight excluding hydrogens is 276 g/mol. The molecule has 0 atom stereocenters. The third-order valence-electron chi connectivity index (χ3n) is 2.71. The van der Waals surface area contributed by atoms with Crippen molar-refractivity contribution in [1.29, 1.82) is 0 Å². The minimum Gasteiger partial charge on any atom is -0.545 e. The van der Waals surface area contributed by atoms with E-state index in [1.54, 1.807) is 6.07 Å². The molecule has 0 aromatic heterocycles. The number of nitrogens with one attached hydrogen (secondary N) is 1. The second kappa shape index (κ2) is 5.83. The first-order valence-electron chi connectivity index (χ1n) is 5.85. The normalized spacial score (nSPS) is 9.90. The van der Waals surface area contributed by atoms with Gasteiger partial charge in [0.1, 0.15) is 0 Å². The minimum absolute atomic E-state index is 0.0531. The van der Waals surface area contributed by atoms with Crippen LogP contribution in [-0.4, -0.2) is 16.8 Å². The maximum atomic E-state index is 12.0. The Bertz CT molecular complexity index is 727. The molecule has 0 radical (unpaired) electrons. The summed E-state index contributed by atoms with van der Waals surface area (Å²) in [6, 6.07) is 10.9. The summed E-state index contributed by atoms with van der Waals surface area (Å²) < 4.78 is 0. The molecule has 0 aliphatic rings. The van der Waals surface area contributed by atoms with Gasteiger partial charge in [0.2, 0.25) is 0 Å². The second-order valence-corrected chi connectivity index (χ2v) is 4.09. The van der Waals surface area contributed by atoms with Crippen LogP contribution in [0.3, 0.4) is 0 Å². The molecule has 106 valence electrons. The molecule has 0 bridgehead atoms. The van der Waals surface area contributed by atoms with E-state index in [-0.39, 0.29) is 22.5 Å². The highest BCUT2D eigenvalue weighted by Gasteiger charge is 2.13. The summed E-state index contributed by atoms with van der Waals surface area (Å²) in [5.41, 5.74) is -0.279. The van der Waals surface area contributed by atoms with Gasteiger partial charge in [0.15, 0.2) is 0 Å². The van der Waals surface area contributed by atoms with Crippen molar-refractivity contribution in [1.82, 2.24) is 0 Å². The van der Waals surface area contributed by atoms with Crippen LogP contribution in [0.1, 0.15) is 20.7 Å². The number of para-hydroxylation sites is 1. The lowest BCUT2D eigenvalue weighted by Gasteiger charge is -2.11. The number of carboxylic acid groups (broad SMARTS) is 1. The standard InChI is InChI=1S/C14H10N2O5/c17-13(9-4-3-5-10(8-9)16(20)21)15-12-7-2-1-6-11(12)14(18)19/h1-8H,(H,15,17)(H,18,19)/p-1. The Morgan fingerprint density at radius 2 is 1.76 bits per heavy atom. The molecule has 2 rings (SSSR count). The van der Waals surface area contributed by atoms with Crippen LogP contribution in [0, 0.1) is 10.1 Å². The van der Waals surface area contributed by atoms with Gasteiger partial charge in [0, 0.05) is 23.3 Å². The predicted molar refractivity (Wildman–Crippen MR) is 71.8 cm³/mol. The van der Waals surface area contributed by atoms with E-state index in [1.807, 2.05) is 0 Å². The van der Waals surface area contributed by atoms with Gasteiger partial charge in [-0.15, -0.1) is 0 Å². The molecule has 7 heteroatoms. The zero-order valence-electron chi connectivity index (χ0n) is 10.6. The van der Waals surface area contributed by atoms with Crippen LogP contribution >= 0.6 is 0 Å². The fourth-order valence-electron chi connectivity index (χ4n) is 1.73. The number of carbonyl (C=O) groups is 2. The lowest BCUT2D eigenvalue weighted by atomic mass is 10.1. The number of carbonyl (C=O) groups excluding carboxylic acids is 2. The maximum Gasteiger partial charge on any atom is 0.270 e. The van der Waals surface area contributed by atoms with Crippen LogP contribution in [-0.2, 0) is 0 Å². The van der Waals surface area contributed by atoms with Crippen molar-refractivity contribution in [3.05, 3.63) is 69.8 Å². The van der Waals surface area contributed by atoms with E-state index in [1.165, 1.54) is 36.4 Å². The van der Waals surface area contributed by atoms with Crippen LogP contribution in [0.4, 0.5) is 11.4 Å². The van der Waals surface area contributed by atoms with E-state index >= 15 is 0 Å². The van der Waals surface area contributed by atoms with Crippen LogP contribution in [0.15, 0.2) is 48.5 Å². The highest BCUT2D eigenvalue weighted by molar-refractivity contribution is 6.07. The van der Waals surface area contributed by atoms with Gasteiger partial charge in [-0.25, -0.2) is 0 Å². The average Bonchev–Trinajstić information content (AvgIpc) is 2.47. The zero-order chi connectivity index (χ0) is 15.4. The first kappa shape index (κ1) is 14.2. The van der Waals surface area contributed by atoms with Crippen LogP contribution in [0.2, 0.25) is 0 Å². The summed E-state index contributed by atoms with van der Waals surface area (Å²) in [6.45, 7) is 0. The van der Waals surface area contributed by atoms with Gasteiger partial charge in [-0.05, 0) is 12.1 Å². The number of nitro benzene ring substituents is 1. The molecule has 7 nitrogen and oxygen atoms in total. The molecule has 0 heterocycles. The first-order chi connectivity index (χ1) is 9.99. The van der Waals surface area contributed by atoms with Crippen molar-refractivity contribution >= 4 is 23.3 Å². The molecule has 0 saturated carbocycles. The van der Waals surface area contributed by atoms with Gasteiger partial charge in [-0.1, -0.05) is 24.3 Å². The van der Waals surface area contributed by atoms with Gasteiger partial charge >= 0.3 is 0 Å². The van der Waals surface area contributed by atoms with E-state index in [0.717, 1.165) is 6.07 Å². The van der Waals surface area contributed by atoms with Gasteiger partial charge in [-0.2, -0.15) is 0 Å². The predicted octanol–water partition coefficient (Wildman–Crippen LogP) is 1.21. The average molecular weight is 285 g/mol. The summed E-state index contributed by atoms with van der Waals surface area (Å²) >= 11 is 0. The number of nitrogens with zero attached hydrogens (tertiary/aromatic N) is 1. The molecule has 21 heavy (non-hydrogen) atoms. The van der Waals surface area contributed by atoms with Gasteiger partial charge in [0.05, 0.1) is 16.6 Å². The highest BCUT2D eigenvalue weighted by atomic mass is 16.6. The number of aromatic carboxylic acids is 1. The largest absolute Gasteiger partial charge is 0.545 e. The van der Waals surface area contributed by atoms with Crippen LogP contribution in [0.5, 0.6) is 0 Å². The van der Waals surface area contributed by atoms with Gasteiger partial charge in [0.25, 0.3) is 11.6 Å². The van der Waals surface area contributed by atoms with Crippen LogP contribution < -0.4 is 10.4 Å². The molecule has 0 fully saturated rings. The summed E-state index contributed by atoms with van der Waals surface area (Å²) in [4.78, 5) is 33.0. The van der Waals surface area contributed by atoms with Crippen molar-refractivity contribution in [2.24, 2.45) is 0 Å². The molecule has 1 amide bonds. The monoisotopic (exact) mass is 285 g/mol. The molecule has 2 aromatic carbocycles. The number of benzene rings is 2. The molecule has 0 spiro atoms. The van der Waals surface area contributed by atoms with Crippen molar-refractivity contribution in [2.45, 2.75) is 0 Å². The lowest BCUT2D eigenvalue weighted by molar-refractivity contribution is -0.384. The quantitative estimate of drug-likeness (QED) is 0.670. The molecule has 1 N–H and O–H groups in total. The fourth-order valence-corrected chi connectivity index (χ4v) is 1.73. The second-order valence-electron chi connectivity index (χ2n) is 4.09. The maximum absolute atomic E-state index is 12.0. The third kappa shape index (κ3) is 3.21. The molecule has 0 aliphatic carbocycles. The number of anilines is 1. The molecule has 0 saturated heterocycles. The van der Waals surface area contributed by atoms with Gasteiger partial charge in [-0.3, -0.25) is 14.9 Å². The SMILES string of the molecule is O=C(Nc1ccccc1C(=O)[O-])c1cccc([N+](=O)[O-])c1. The Labute approximate surface area is 119 Å². The Balaban J connectivity index is 2.28. The Morgan fingerprint density at radius 1 is 1.05 bits per heavy atom. The topological polar surface area (TPSA) is 112 Å². The number of nitro groups is 1. The highest BCUT2D eigenvalue weighted by Crippen LogP contribution is 2.17. The Hall–Kier alpha value is -3.22. The smallest absolute Gasteiger partial charge is 0.270 e. The number of rotatable bonds is 4. The zero-order valence-corrected chi connectivity index (χ0v) is 10.6. The van der Waals surface area contributed by atoms with E-state index in [0.29, 0.717) is 0 Å². The van der Waals surface area contributed by atoms with Crippen LogP contribution in [0.25, 0.3) is 0 Å². The Kier molecular flexibility index (Phi) is 3.94. The van der Waals surface area contributed by atoms with Crippen molar-refractivity contribution in [2.75, 3.05) is 5.32 Å². The minimum atomic E-state index is -1.43. The van der Waals surface area contributed by atoms with E-state index in [4.69, 9.17) is 0 Å². The summed E-state index contributed by atoms with van der Waals surface area (Å²) in [5.74, 6) is -2.07. The lowest BCUT2D eigenvalue weighted by Crippen LogP contribution is -2.24. The fraction of sp³-hybridized carbons (Fsp3) is 0. The van der Waals surface area contributed by atoms with Crippen molar-refractivity contribution in [3.8, 4) is 0 Å². The summed E-state index contributed by atoms with van der Waals surface area (Å²) in [7, 11) is 0. The molecule has 0 unspecified atom stereocenters. The Morgan fingerprint density at radius 3 is 2.43 bits per heavy atom.